The Labute approximate surface area is 138 Å². The van der Waals surface area contributed by atoms with Crippen molar-refractivity contribution >= 4 is 11.8 Å². The van der Waals surface area contributed by atoms with Crippen LogP contribution in [-0.4, -0.2) is 30.9 Å². The fraction of sp³-hybridized carbons (Fsp3) is 0.556. The van der Waals surface area contributed by atoms with Crippen molar-refractivity contribution in [1.82, 2.24) is 16.0 Å². The topological polar surface area (TPSA) is 70.2 Å². The van der Waals surface area contributed by atoms with Gasteiger partial charge in [0.1, 0.15) is 5.41 Å². The summed E-state index contributed by atoms with van der Waals surface area (Å²) in [7, 11) is 1.57. The lowest BCUT2D eigenvalue weighted by Gasteiger charge is -2.31. The second kappa shape index (κ2) is 6.71. The van der Waals surface area contributed by atoms with Crippen molar-refractivity contribution in [2.45, 2.75) is 45.2 Å². The van der Waals surface area contributed by atoms with Gasteiger partial charge in [-0.2, -0.15) is 0 Å². The Morgan fingerprint density at radius 1 is 1.17 bits per heavy atom. The van der Waals surface area contributed by atoms with Gasteiger partial charge in [0.2, 0.25) is 11.8 Å². The molecule has 1 saturated carbocycles. The maximum atomic E-state index is 12.3. The molecule has 23 heavy (non-hydrogen) atoms. The second-order valence-corrected chi connectivity index (χ2v) is 7.00. The summed E-state index contributed by atoms with van der Waals surface area (Å²) in [5.74, 6) is -0.350. The maximum Gasteiger partial charge on any atom is 0.235 e. The molecule has 2 amide bonds. The number of nitrogens with one attached hydrogen (secondary N) is 3. The summed E-state index contributed by atoms with van der Waals surface area (Å²) in [4.78, 5) is 24.2. The van der Waals surface area contributed by atoms with Gasteiger partial charge in [-0.05, 0) is 39.2 Å². The highest BCUT2D eigenvalue weighted by Crippen LogP contribution is 2.46. The number of amides is 2. The molecule has 1 atom stereocenters. The van der Waals surface area contributed by atoms with E-state index in [0.29, 0.717) is 19.4 Å². The average Bonchev–Trinajstić information content (AvgIpc) is 3.34. The monoisotopic (exact) mass is 317 g/mol. The van der Waals surface area contributed by atoms with Crippen LogP contribution < -0.4 is 16.0 Å². The van der Waals surface area contributed by atoms with E-state index in [-0.39, 0.29) is 23.4 Å². The molecule has 2 rings (SSSR count). The van der Waals surface area contributed by atoms with Crippen LogP contribution in [-0.2, 0) is 9.59 Å². The molecule has 5 nitrogen and oxygen atoms in total. The number of carbonyl (C=O) groups is 2. The van der Waals surface area contributed by atoms with E-state index in [1.54, 1.807) is 7.05 Å². The van der Waals surface area contributed by atoms with Crippen LogP contribution >= 0.6 is 0 Å². The summed E-state index contributed by atoms with van der Waals surface area (Å²) in [5, 5.41) is 9.05. The van der Waals surface area contributed by atoms with Crippen molar-refractivity contribution in [2.75, 3.05) is 13.6 Å². The summed E-state index contributed by atoms with van der Waals surface area (Å²) in [6, 6.07) is 10.4. The van der Waals surface area contributed by atoms with Crippen molar-refractivity contribution in [2.24, 2.45) is 5.41 Å². The van der Waals surface area contributed by atoms with E-state index in [4.69, 9.17) is 0 Å². The van der Waals surface area contributed by atoms with Gasteiger partial charge >= 0.3 is 0 Å². The highest BCUT2D eigenvalue weighted by Gasteiger charge is 2.56. The Bertz CT molecular complexity index is 565. The first kappa shape index (κ1) is 17.5. The van der Waals surface area contributed by atoms with Gasteiger partial charge in [-0.25, -0.2) is 0 Å². The van der Waals surface area contributed by atoms with Crippen LogP contribution in [0, 0.1) is 5.41 Å². The number of rotatable bonds is 7. The standard InChI is InChI=1S/C18H27N3O2/c1-13(14-8-6-5-7-9-14)21-17(2,3)12-20-16(23)18(10-11-18)15(22)19-4/h5-9,13,21H,10-12H2,1-4H3,(H,19,22)(H,20,23). The summed E-state index contributed by atoms with van der Waals surface area (Å²) in [6.07, 6.45) is 1.26. The number of carbonyl (C=O) groups excluding carboxylic acids is 2. The lowest BCUT2D eigenvalue weighted by Crippen LogP contribution is -2.52. The largest absolute Gasteiger partial charge is 0.358 e. The van der Waals surface area contributed by atoms with Gasteiger partial charge < -0.3 is 16.0 Å². The molecule has 1 aliphatic rings. The Hall–Kier alpha value is -1.88. The van der Waals surface area contributed by atoms with Crippen LogP contribution in [0.3, 0.4) is 0 Å². The lowest BCUT2D eigenvalue weighted by atomic mass is 9.99. The molecular formula is C18H27N3O2. The van der Waals surface area contributed by atoms with Gasteiger partial charge in [-0.3, -0.25) is 9.59 Å². The first-order valence-corrected chi connectivity index (χ1v) is 8.14. The van der Waals surface area contributed by atoms with E-state index < -0.39 is 5.41 Å². The van der Waals surface area contributed by atoms with E-state index in [0.717, 1.165) is 0 Å². The van der Waals surface area contributed by atoms with E-state index in [9.17, 15) is 9.59 Å². The zero-order valence-electron chi connectivity index (χ0n) is 14.4. The molecule has 0 heterocycles. The Balaban J connectivity index is 1.89. The number of hydrogen-bond donors (Lipinski definition) is 3. The SMILES string of the molecule is CNC(=O)C1(C(=O)NCC(C)(C)NC(C)c2ccccc2)CC1. The smallest absolute Gasteiger partial charge is 0.235 e. The maximum absolute atomic E-state index is 12.3. The molecule has 0 aromatic heterocycles. The second-order valence-electron chi connectivity index (χ2n) is 7.00. The predicted octanol–water partition coefficient (Wildman–Crippen LogP) is 1.76. The quantitative estimate of drug-likeness (QED) is 0.671. The van der Waals surface area contributed by atoms with Crippen LogP contribution in [0.2, 0.25) is 0 Å². The molecule has 0 radical (unpaired) electrons. The summed E-state index contributed by atoms with van der Waals surface area (Å²) < 4.78 is 0. The molecule has 0 spiro atoms. The van der Waals surface area contributed by atoms with Crippen molar-refractivity contribution in [3.05, 3.63) is 35.9 Å². The molecule has 0 bridgehead atoms. The van der Waals surface area contributed by atoms with Gasteiger partial charge in [0, 0.05) is 25.2 Å². The van der Waals surface area contributed by atoms with Gasteiger partial charge in [-0.1, -0.05) is 30.3 Å². The summed E-state index contributed by atoms with van der Waals surface area (Å²) >= 11 is 0. The van der Waals surface area contributed by atoms with Gasteiger partial charge in [0.15, 0.2) is 0 Å². The van der Waals surface area contributed by atoms with Gasteiger partial charge in [-0.15, -0.1) is 0 Å². The van der Waals surface area contributed by atoms with E-state index in [2.05, 4.69) is 35.0 Å². The fourth-order valence-corrected chi connectivity index (χ4v) is 2.85. The zero-order valence-corrected chi connectivity index (χ0v) is 14.4. The average molecular weight is 317 g/mol. The van der Waals surface area contributed by atoms with Gasteiger partial charge in [0.05, 0.1) is 0 Å². The van der Waals surface area contributed by atoms with Crippen LogP contribution in [0.5, 0.6) is 0 Å². The number of benzene rings is 1. The highest BCUT2D eigenvalue weighted by molar-refractivity contribution is 6.07. The summed E-state index contributed by atoms with van der Waals surface area (Å²) in [6.45, 7) is 6.67. The molecular weight excluding hydrogens is 290 g/mol. The molecule has 0 aliphatic heterocycles. The highest BCUT2D eigenvalue weighted by atomic mass is 16.2. The third-order valence-corrected chi connectivity index (χ3v) is 4.44. The first-order chi connectivity index (χ1) is 10.8. The van der Waals surface area contributed by atoms with Gasteiger partial charge in [0.25, 0.3) is 0 Å². The molecule has 1 aromatic carbocycles. The minimum Gasteiger partial charge on any atom is -0.358 e. The molecule has 1 aromatic rings. The van der Waals surface area contributed by atoms with Crippen molar-refractivity contribution < 1.29 is 9.59 Å². The molecule has 0 saturated heterocycles. The predicted molar refractivity (Wildman–Crippen MR) is 90.8 cm³/mol. The molecule has 1 unspecified atom stereocenters. The Kier molecular flexibility index (Phi) is 5.09. The van der Waals surface area contributed by atoms with Crippen molar-refractivity contribution in [1.29, 1.82) is 0 Å². The van der Waals surface area contributed by atoms with E-state index >= 15 is 0 Å². The summed E-state index contributed by atoms with van der Waals surface area (Å²) in [5.41, 5.74) is 0.0930. The fourth-order valence-electron chi connectivity index (χ4n) is 2.85. The zero-order chi connectivity index (χ0) is 17.1. The minimum absolute atomic E-state index is 0.168. The van der Waals surface area contributed by atoms with E-state index in [1.165, 1.54) is 5.56 Å². The van der Waals surface area contributed by atoms with Crippen LogP contribution in [0.4, 0.5) is 0 Å². The molecule has 126 valence electrons. The van der Waals surface area contributed by atoms with Crippen LogP contribution in [0.25, 0.3) is 0 Å². The number of hydrogen-bond acceptors (Lipinski definition) is 3. The third kappa shape index (κ3) is 4.10. The minimum atomic E-state index is -0.837. The van der Waals surface area contributed by atoms with Crippen molar-refractivity contribution in [3.8, 4) is 0 Å². The molecule has 3 N–H and O–H groups in total. The van der Waals surface area contributed by atoms with Crippen molar-refractivity contribution in [3.63, 3.8) is 0 Å². The van der Waals surface area contributed by atoms with E-state index in [1.807, 2.05) is 32.0 Å². The Morgan fingerprint density at radius 3 is 2.30 bits per heavy atom. The molecule has 5 heteroatoms. The molecule has 1 aliphatic carbocycles. The third-order valence-electron chi connectivity index (χ3n) is 4.44. The Morgan fingerprint density at radius 2 is 1.78 bits per heavy atom. The van der Waals surface area contributed by atoms with Crippen LogP contribution in [0.1, 0.15) is 45.2 Å². The normalized spacial score (nSPS) is 17.2. The lowest BCUT2D eigenvalue weighted by molar-refractivity contribution is -0.137. The van der Waals surface area contributed by atoms with Crippen LogP contribution in [0.15, 0.2) is 30.3 Å². The molecule has 1 fully saturated rings. The first-order valence-electron chi connectivity index (χ1n) is 8.14.